The van der Waals surface area contributed by atoms with Crippen molar-refractivity contribution in [3.63, 3.8) is 0 Å². The van der Waals surface area contributed by atoms with Crippen molar-refractivity contribution in [3.8, 4) is 5.75 Å². The maximum absolute atomic E-state index is 5.96. The quantitative estimate of drug-likeness (QED) is 0.608. The third-order valence-corrected chi connectivity index (χ3v) is 3.60. The predicted octanol–water partition coefficient (Wildman–Crippen LogP) is 2.50. The van der Waals surface area contributed by atoms with Crippen LogP contribution in [-0.2, 0) is 0 Å². The zero-order valence-electron chi connectivity index (χ0n) is 8.66. The summed E-state index contributed by atoms with van der Waals surface area (Å²) in [5, 5.41) is 0.758. The van der Waals surface area contributed by atoms with Gasteiger partial charge >= 0.3 is 0 Å². The van der Waals surface area contributed by atoms with E-state index < -0.39 is 0 Å². The van der Waals surface area contributed by atoms with Gasteiger partial charge in [0.05, 0.1) is 0 Å². The molecule has 2 aliphatic rings. The van der Waals surface area contributed by atoms with Gasteiger partial charge in [-0.05, 0) is 25.0 Å². The third kappa shape index (κ3) is 1.39. The Labute approximate surface area is 95.5 Å². The Morgan fingerprint density at radius 1 is 1.40 bits per heavy atom. The van der Waals surface area contributed by atoms with Crippen molar-refractivity contribution in [2.75, 3.05) is 0 Å². The van der Waals surface area contributed by atoms with Gasteiger partial charge < -0.3 is 4.74 Å². The van der Waals surface area contributed by atoms with Gasteiger partial charge in [-0.2, -0.15) is 0 Å². The molecule has 3 rings (SSSR count). The molecule has 1 aromatic carbocycles. The Balaban J connectivity index is 2.10. The lowest BCUT2D eigenvalue weighted by atomic mass is 9.73. The Morgan fingerprint density at radius 2 is 2.27 bits per heavy atom. The van der Waals surface area contributed by atoms with Gasteiger partial charge in [-0.1, -0.05) is 23.7 Å². The summed E-state index contributed by atoms with van der Waals surface area (Å²) in [5.41, 5.74) is 2.74. The molecule has 1 aliphatic heterocycles. The molecule has 1 nitrogen and oxygen atoms in total. The van der Waals surface area contributed by atoms with Crippen LogP contribution in [0, 0.1) is 0 Å². The van der Waals surface area contributed by atoms with Crippen LogP contribution in [0.2, 0.25) is 5.02 Å². The molecular weight excluding hydrogens is 206 g/mol. The molecule has 0 aromatic heterocycles. The molecule has 3 heteroatoms. The lowest BCUT2D eigenvalue weighted by Gasteiger charge is -2.24. The van der Waals surface area contributed by atoms with Gasteiger partial charge in [0.15, 0.2) is 0 Å². The predicted molar refractivity (Wildman–Crippen MR) is 64.5 cm³/mol. The fourth-order valence-electron chi connectivity index (χ4n) is 2.66. The first-order valence-electron chi connectivity index (χ1n) is 5.38. The summed E-state index contributed by atoms with van der Waals surface area (Å²) in [5.74, 6) is 1.44. The van der Waals surface area contributed by atoms with E-state index >= 15 is 0 Å². The van der Waals surface area contributed by atoms with E-state index in [1.54, 1.807) is 0 Å². The van der Waals surface area contributed by atoms with E-state index in [1.165, 1.54) is 11.0 Å². The van der Waals surface area contributed by atoms with Crippen LogP contribution < -0.4 is 4.74 Å². The summed E-state index contributed by atoms with van der Waals surface area (Å²) in [6.45, 7) is 0. The number of rotatable bonds is 0. The first-order valence-corrected chi connectivity index (χ1v) is 5.76. The molecule has 0 radical (unpaired) electrons. The van der Waals surface area contributed by atoms with Gasteiger partial charge in [-0.15, -0.1) is 5.47 Å². The van der Waals surface area contributed by atoms with E-state index in [0.29, 0.717) is 12.0 Å². The van der Waals surface area contributed by atoms with Crippen LogP contribution in [0.3, 0.4) is 0 Å². The molecule has 15 heavy (non-hydrogen) atoms. The average Bonchev–Trinajstić information content (AvgIpc) is 2.56. The molecule has 2 atom stereocenters. The molecule has 0 fully saturated rings. The molecule has 0 saturated heterocycles. The second kappa shape index (κ2) is 3.31. The first-order chi connectivity index (χ1) is 7.25. The average molecular weight is 218 g/mol. The molecule has 0 spiro atoms. The van der Waals surface area contributed by atoms with Crippen molar-refractivity contribution < 1.29 is 4.74 Å². The van der Waals surface area contributed by atoms with Crippen molar-refractivity contribution in [1.82, 2.24) is 0 Å². The Kier molecular flexibility index (Phi) is 2.06. The molecule has 2 unspecified atom stereocenters. The number of allylic oxidation sites excluding steroid dienone is 1. The molecule has 0 amide bonds. The van der Waals surface area contributed by atoms with Crippen molar-refractivity contribution in [1.29, 1.82) is 0 Å². The molecular formula is C12H12BClO. The fourth-order valence-corrected chi connectivity index (χ4v) is 2.83. The zero-order chi connectivity index (χ0) is 10.4. The number of hydrogen-bond acceptors (Lipinski definition) is 1. The van der Waals surface area contributed by atoms with Crippen LogP contribution >= 0.6 is 11.6 Å². The lowest BCUT2D eigenvalue weighted by molar-refractivity contribution is 0.203. The number of fused-ring (bicyclic) bond motifs is 3. The minimum absolute atomic E-state index is 0.337. The molecule has 76 valence electrons. The smallest absolute Gasteiger partial charge is 0.134 e. The normalized spacial score (nSPS) is 27.7. The van der Waals surface area contributed by atoms with Crippen LogP contribution in [0.5, 0.6) is 5.75 Å². The highest BCUT2D eigenvalue weighted by Crippen LogP contribution is 2.45. The number of benzene rings is 1. The van der Waals surface area contributed by atoms with Crippen molar-refractivity contribution >= 4 is 19.4 Å². The fraction of sp³-hybridized carbons (Fsp3) is 0.333. The maximum atomic E-state index is 5.96. The Hall–Kier alpha value is -0.885. The summed E-state index contributed by atoms with van der Waals surface area (Å²) in [7, 11) is 2.20. The van der Waals surface area contributed by atoms with E-state index in [-0.39, 0.29) is 0 Å². The van der Waals surface area contributed by atoms with E-state index in [4.69, 9.17) is 16.3 Å². The highest BCUT2D eigenvalue weighted by Gasteiger charge is 2.36. The van der Waals surface area contributed by atoms with Crippen LogP contribution in [0.25, 0.3) is 0 Å². The van der Waals surface area contributed by atoms with E-state index in [1.807, 2.05) is 12.1 Å². The van der Waals surface area contributed by atoms with Gasteiger partial charge in [0, 0.05) is 16.5 Å². The van der Waals surface area contributed by atoms with Gasteiger partial charge in [0.2, 0.25) is 0 Å². The second-order valence-electron chi connectivity index (χ2n) is 4.34. The Bertz CT molecular complexity index is 441. The van der Waals surface area contributed by atoms with Gasteiger partial charge in [-0.3, -0.25) is 0 Å². The summed E-state index contributed by atoms with van der Waals surface area (Å²) in [6.07, 6.45) is 4.92. The highest BCUT2D eigenvalue weighted by atomic mass is 35.5. The van der Waals surface area contributed by atoms with E-state index in [9.17, 15) is 0 Å². The minimum atomic E-state index is 0.337. The van der Waals surface area contributed by atoms with Crippen molar-refractivity contribution in [2.45, 2.75) is 24.9 Å². The van der Waals surface area contributed by atoms with Crippen molar-refractivity contribution in [3.05, 3.63) is 40.3 Å². The molecule has 1 aromatic rings. The molecule has 1 heterocycles. The first kappa shape index (κ1) is 9.35. The third-order valence-electron chi connectivity index (χ3n) is 3.37. The van der Waals surface area contributed by atoms with Crippen LogP contribution in [-0.4, -0.2) is 14.0 Å². The summed E-state index contributed by atoms with van der Waals surface area (Å²) >= 11 is 5.96. The van der Waals surface area contributed by atoms with Gasteiger partial charge in [-0.25, -0.2) is 0 Å². The van der Waals surface area contributed by atoms with Crippen LogP contribution in [0.4, 0.5) is 0 Å². The van der Waals surface area contributed by atoms with Crippen LogP contribution in [0.15, 0.2) is 29.7 Å². The number of ether oxygens (including phenoxy) is 1. The monoisotopic (exact) mass is 218 g/mol. The Morgan fingerprint density at radius 3 is 3.13 bits per heavy atom. The summed E-state index contributed by atoms with van der Waals surface area (Å²) in [6, 6.07) is 5.99. The molecule has 0 N–H and O–H groups in total. The standard InChI is InChI=1S/C12H12BClO/c13-9-2-1-3-10-12(9)8-5-4-7(14)6-11(8)15-10/h2,4-6,10,12H,1,3,13H2. The molecule has 0 saturated carbocycles. The SMILES string of the molecule is BC1=CCCC2Oc3cc(Cl)ccc3C12. The number of hydrogen-bond donors (Lipinski definition) is 0. The highest BCUT2D eigenvalue weighted by molar-refractivity contribution is 6.30. The largest absolute Gasteiger partial charge is 0.489 e. The maximum Gasteiger partial charge on any atom is 0.134 e. The topological polar surface area (TPSA) is 9.23 Å². The van der Waals surface area contributed by atoms with E-state index in [2.05, 4.69) is 20.0 Å². The molecule has 1 aliphatic carbocycles. The van der Waals surface area contributed by atoms with Crippen molar-refractivity contribution in [2.24, 2.45) is 0 Å². The zero-order valence-corrected chi connectivity index (χ0v) is 9.42. The minimum Gasteiger partial charge on any atom is -0.489 e. The van der Waals surface area contributed by atoms with Gasteiger partial charge in [0.1, 0.15) is 19.7 Å². The van der Waals surface area contributed by atoms with Gasteiger partial charge in [0.25, 0.3) is 0 Å². The summed E-state index contributed by atoms with van der Waals surface area (Å²) < 4.78 is 5.94. The lowest BCUT2D eigenvalue weighted by Crippen LogP contribution is -2.23. The second-order valence-corrected chi connectivity index (χ2v) is 4.78. The van der Waals surface area contributed by atoms with Crippen LogP contribution in [0.1, 0.15) is 24.3 Å². The number of halogens is 1. The molecule has 0 bridgehead atoms. The summed E-state index contributed by atoms with van der Waals surface area (Å²) in [4.78, 5) is 0. The van der Waals surface area contributed by atoms with E-state index in [0.717, 1.165) is 23.6 Å².